The SMILES string of the molecule is COc1ccccc1NC(=S)NN=C(C)C=CC1C(C)=CCCC1(C)C. The first kappa shape index (κ1) is 20.2. The molecule has 2 N–H and O–H groups in total. The summed E-state index contributed by atoms with van der Waals surface area (Å²) in [5, 5.41) is 7.87. The molecule has 5 heteroatoms. The maximum Gasteiger partial charge on any atom is 0.191 e. The average Bonchev–Trinajstić information content (AvgIpc) is 2.59. The zero-order chi connectivity index (χ0) is 19.2. The van der Waals surface area contributed by atoms with Crippen molar-refractivity contribution in [2.24, 2.45) is 16.4 Å². The van der Waals surface area contributed by atoms with Crippen molar-refractivity contribution in [2.75, 3.05) is 12.4 Å². The second-order valence-corrected chi connectivity index (χ2v) is 7.74. The number of hydrogen-bond acceptors (Lipinski definition) is 3. The van der Waals surface area contributed by atoms with Gasteiger partial charge in [0, 0.05) is 5.92 Å². The predicted molar refractivity (Wildman–Crippen MR) is 115 cm³/mol. The van der Waals surface area contributed by atoms with Gasteiger partial charge in [-0.25, -0.2) is 0 Å². The molecule has 0 saturated heterocycles. The molecule has 0 bridgehead atoms. The van der Waals surface area contributed by atoms with Crippen LogP contribution in [0.4, 0.5) is 5.69 Å². The van der Waals surface area contributed by atoms with Gasteiger partial charge in [0.05, 0.1) is 18.5 Å². The van der Waals surface area contributed by atoms with Gasteiger partial charge in [0.15, 0.2) is 5.11 Å². The van der Waals surface area contributed by atoms with Gasteiger partial charge in [-0.15, -0.1) is 0 Å². The first-order valence-corrected chi connectivity index (χ1v) is 9.33. The van der Waals surface area contributed by atoms with Crippen molar-refractivity contribution >= 4 is 28.7 Å². The lowest BCUT2D eigenvalue weighted by atomic mass is 9.68. The molecule has 1 aliphatic rings. The molecule has 4 nitrogen and oxygen atoms in total. The number of para-hydroxylation sites is 2. The van der Waals surface area contributed by atoms with Gasteiger partial charge in [-0.2, -0.15) is 5.10 Å². The average molecular weight is 372 g/mol. The number of allylic oxidation sites excluding steroid dienone is 4. The number of methoxy groups -OCH3 is 1. The molecule has 1 aliphatic carbocycles. The van der Waals surface area contributed by atoms with Crippen LogP contribution in [0, 0.1) is 11.3 Å². The summed E-state index contributed by atoms with van der Waals surface area (Å²) in [4.78, 5) is 0. The normalized spacial score (nSPS) is 19.8. The predicted octanol–water partition coefficient (Wildman–Crippen LogP) is 5.30. The van der Waals surface area contributed by atoms with Crippen molar-refractivity contribution < 1.29 is 4.74 Å². The van der Waals surface area contributed by atoms with E-state index in [1.54, 1.807) is 7.11 Å². The smallest absolute Gasteiger partial charge is 0.191 e. The summed E-state index contributed by atoms with van der Waals surface area (Å²) in [5.74, 6) is 1.18. The second kappa shape index (κ2) is 8.99. The van der Waals surface area contributed by atoms with E-state index in [0.29, 0.717) is 11.0 Å². The van der Waals surface area contributed by atoms with Crippen LogP contribution in [0.1, 0.15) is 40.5 Å². The highest BCUT2D eigenvalue weighted by Crippen LogP contribution is 2.41. The van der Waals surface area contributed by atoms with Gasteiger partial charge < -0.3 is 10.1 Å². The number of hydrogen-bond donors (Lipinski definition) is 2. The molecule has 1 aromatic carbocycles. The molecule has 26 heavy (non-hydrogen) atoms. The number of thiocarbonyl (C=S) groups is 1. The Labute approximate surface area is 162 Å². The number of ether oxygens (including phenoxy) is 1. The summed E-state index contributed by atoms with van der Waals surface area (Å²) in [6.07, 6.45) is 9.04. The molecule has 1 unspecified atom stereocenters. The van der Waals surface area contributed by atoms with Crippen LogP contribution < -0.4 is 15.5 Å². The maximum absolute atomic E-state index is 5.31. The summed E-state index contributed by atoms with van der Waals surface area (Å²) >= 11 is 5.31. The number of anilines is 1. The summed E-state index contributed by atoms with van der Waals surface area (Å²) in [7, 11) is 1.63. The van der Waals surface area contributed by atoms with Crippen molar-refractivity contribution in [2.45, 2.75) is 40.5 Å². The molecule has 0 radical (unpaired) electrons. The minimum atomic E-state index is 0.282. The highest BCUT2D eigenvalue weighted by atomic mass is 32.1. The van der Waals surface area contributed by atoms with E-state index in [4.69, 9.17) is 17.0 Å². The lowest BCUT2D eigenvalue weighted by molar-refractivity contribution is 0.255. The van der Waals surface area contributed by atoms with Crippen LogP contribution in [0.15, 0.2) is 53.2 Å². The lowest BCUT2D eigenvalue weighted by Gasteiger charge is -2.36. The molecule has 140 valence electrons. The van der Waals surface area contributed by atoms with Gasteiger partial charge in [-0.05, 0) is 62.5 Å². The monoisotopic (exact) mass is 371 g/mol. The number of nitrogens with zero attached hydrogens (tertiary/aromatic N) is 1. The molecule has 0 aliphatic heterocycles. The third-order valence-electron chi connectivity index (χ3n) is 4.81. The van der Waals surface area contributed by atoms with Crippen molar-refractivity contribution in [3.63, 3.8) is 0 Å². The summed E-state index contributed by atoms with van der Waals surface area (Å²) in [6.45, 7) is 8.84. The van der Waals surface area contributed by atoms with Crippen LogP contribution in [0.2, 0.25) is 0 Å². The fourth-order valence-electron chi connectivity index (χ4n) is 3.29. The number of benzene rings is 1. The van der Waals surface area contributed by atoms with E-state index in [1.807, 2.05) is 31.2 Å². The van der Waals surface area contributed by atoms with Crippen LogP contribution in [0.5, 0.6) is 5.75 Å². The van der Waals surface area contributed by atoms with Crippen LogP contribution in [-0.2, 0) is 0 Å². The van der Waals surface area contributed by atoms with E-state index in [-0.39, 0.29) is 5.41 Å². The van der Waals surface area contributed by atoms with Crippen molar-refractivity contribution in [3.8, 4) is 5.75 Å². The van der Waals surface area contributed by atoms with Gasteiger partial charge in [0.25, 0.3) is 0 Å². The Morgan fingerprint density at radius 2 is 2.08 bits per heavy atom. The van der Waals surface area contributed by atoms with E-state index in [1.165, 1.54) is 18.4 Å². The van der Waals surface area contributed by atoms with Crippen molar-refractivity contribution in [1.82, 2.24) is 5.43 Å². The van der Waals surface area contributed by atoms with E-state index < -0.39 is 0 Å². The van der Waals surface area contributed by atoms with Gasteiger partial charge in [0.1, 0.15) is 5.75 Å². The third kappa shape index (κ3) is 5.43. The number of nitrogens with one attached hydrogen (secondary N) is 2. The van der Waals surface area contributed by atoms with Gasteiger partial charge in [-0.3, -0.25) is 5.43 Å². The Balaban J connectivity index is 1.96. The minimum absolute atomic E-state index is 0.282. The molecular weight excluding hydrogens is 342 g/mol. The maximum atomic E-state index is 5.31. The molecule has 0 spiro atoms. The van der Waals surface area contributed by atoms with Gasteiger partial charge in [-0.1, -0.05) is 43.7 Å². The Morgan fingerprint density at radius 1 is 1.35 bits per heavy atom. The Kier molecular flexibility index (Phi) is 6.98. The third-order valence-corrected chi connectivity index (χ3v) is 5.00. The zero-order valence-corrected chi connectivity index (χ0v) is 17.1. The molecule has 0 amide bonds. The Morgan fingerprint density at radius 3 is 2.77 bits per heavy atom. The van der Waals surface area contributed by atoms with Gasteiger partial charge in [0.2, 0.25) is 0 Å². The Bertz CT molecular complexity index is 735. The highest BCUT2D eigenvalue weighted by molar-refractivity contribution is 7.80. The minimum Gasteiger partial charge on any atom is -0.495 e. The standard InChI is InChI=1S/C21H29N3OS/c1-15-9-8-14-21(3,4)17(15)13-12-16(2)23-24-20(26)22-18-10-6-7-11-19(18)25-5/h6-7,9-13,17H,8,14H2,1-5H3,(H2,22,24,26). The zero-order valence-electron chi connectivity index (χ0n) is 16.3. The van der Waals surface area contributed by atoms with E-state index >= 15 is 0 Å². The molecule has 0 heterocycles. The van der Waals surface area contributed by atoms with Crippen molar-refractivity contribution in [3.05, 3.63) is 48.1 Å². The molecular formula is C21H29N3OS. The van der Waals surface area contributed by atoms with Crippen LogP contribution >= 0.6 is 12.2 Å². The molecule has 0 fully saturated rings. The summed E-state index contributed by atoms with van der Waals surface area (Å²) in [5.41, 5.74) is 6.29. The number of hydrazone groups is 1. The largest absolute Gasteiger partial charge is 0.495 e. The second-order valence-electron chi connectivity index (χ2n) is 7.33. The van der Waals surface area contributed by atoms with Crippen molar-refractivity contribution in [1.29, 1.82) is 0 Å². The fraction of sp³-hybridized carbons (Fsp3) is 0.429. The van der Waals surface area contributed by atoms with Crippen LogP contribution in [-0.4, -0.2) is 17.9 Å². The molecule has 0 aromatic heterocycles. The summed E-state index contributed by atoms with van der Waals surface area (Å²) < 4.78 is 5.30. The molecule has 1 aromatic rings. The number of rotatable bonds is 5. The van der Waals surface area contributed by atoms with E-state index in [9.17, 15) is 0 Å². The molecule has 1 atom stereocenters. The van der Waals surface area contributed by atoms with E-state index in [0.717, 1.165) is 17.1 Å². The lowest BCUT2D eigenvalue weighted by Crippen LogP contribution is -2.26. The molecule has 2 rings (SSSR count). The highest BCUT2D eigenvalue weighted by Gasteiger charge is 2.30. The van der Waals surface area contributed by atoms with Crippen LogP contribution in [0.3, 0.4) is 0 Å². The van der Waals surface area contributed by atoms with Gasteiger partial charge >= 0.3 is 0 Å². The molecule has 0 saturated carbocycles. The first-order chi connectivity index (χ1) is 12.3. The fourth-order valence-corrected chi connectivity index (χ4v) is 3.45. The summed E-state index contributed by atoms with van der Waals surface area (Å²) in [6, 6.07) is 7.62. The quantitative estimate of drug-likeness (QED) is 0.319. The Hall–Kier alpha value is -2.14. The first-order valence-electron chi connectivity index (χ1n) is 8.92. The van der Waals surface area contributed by atoms with E-state index in [2.05, 4.69) is 54.8 Å². The topological polar surface area (TPSA) is 45.6 Å². The van der Waals surface area contributed by atoms with Crippen LogP contribution in [0.25, 0.3) is 0 Å².